The van der Waals surface area contributed by atoms with E-state index in [1.807, 2.05) is 0 Å². The fourth-order valence-corrected chi connectivity index (χ4v) is 3.49. The van der Waals surface area contributed by atoms with Crippen LogP contribution in [-0.4, -0.2) is 0 Å². The molecule has 0 N–H and O–H groups in total. The molecule has 0 unspecified atom stereocenters. The van der Waals surface area contributed by atoms with Gasteiger partial charge in [0.2, 0.25) is 0 Å². The minimum Gasteiger partial charge on any atom is -0.0614 e. The zero-order chi connectivity index (χ0) is 13.0. The van der Waals surface area contributed by atoms with E-state index in [9.17, 15) is 0 Å². The lowest BCUT2D eigenvalue weighted by Crippen LogP contribution is -2.46. The fourth-order valence-electron chi connectivity index (χ4n) is 3.49. The highest BCUT2D eigenvalue weighted by molar-refractivity contribution is 5.44. The lowest BCUT2D eigenvalue weighted by Gasteiger charge is -2.51. The van der Waals surface area contributed by atoms with Crippen LogP contribution in [0.25, 0.3) is 0 Å². The van der Waals surface area contributed by atoms with Crippen molar-refractivity contribution in [3.8, 4) is 0 Å². The first-order valence-electron chi connectivity index (χ1n) is 6.80. The van der Waals surface area contributed by atoms with Gasteiger partial charge < -0.3 is 0 Å². The molecular weight excluding hydrogens is 204 g/mol. The van der Waals surface area contributed by atoms with Crippen LogP contribution < -0.4 is 0 Å². The molecular formula is C17H26. The minimum atomic E-state index is 0.288. The summed E-state index contributed by atoms with van der Waals surface area (Å²) in [5.41, 5.74) is 5.08. The van der Waals surface area contributed by atoms with Gasteiger partial charge >= 0.3 is 0 Å². The smallest absolute Gasteiger partial charge is 0.00721 e. The maximum atomic E-state index is 2.41. The second kappa shape index (κ2) is 3.60. The van der Waals surface area contributed by atoms with Crippen LogP contribution in [0.15, 0.2) is 18.2 Å². The predicted octanol–water partition coefficient (Wildman–Crippen LogP) is 4.84. The maximum absolute atomic E-state index is 2.41. The van der Waals surface area contributed by atoms with Gasteiger partial charge in [-0.2, -0.15) is 0 Å². The Morgan fingerprint density at radius 3 is 1.82 bits per heavy atom. The fraction of sp³-hybridized carbons (Fsp3) is 0.647. The highest BCUT2D eigenvalue weighted by Crippen LogP contribution is 2.52. The topological polar surface area (TPSA) is 0 Å². The first-order valence-corrected chi connectivity index (χ1v) is 6.80. The highest BCUT2D eigenvalue weighted by Gasteiger charge is 2.46. The Morgan fingerprint density at radius 2 is 1.29 bits per heavy atom. The molecule has 0 aliphatic heterocycles. The number of hydrogen-bond donors (Lipinski definition) is 0. The van der Waals surface area contributed by atoms with Gasteiger partial charge in [-0.15, -0.1) is 0 Å². The van der Waals surface area contributed by atoms with E-state index in [4.69, 9.17) is 0 Å². The number of aryl methyl sites for hydroxylation is 1. The third kappa shape index (κ3) is 1.64. The van der Waals surface area contributed by atoms with Crippen molar-refractivity contribution in [1.82, 2.24) is 0 Å². The molecule has 0 heterocycles. The van der Waals surface area contributed by atoms with Gasteiger partial charge in [-0.05, 0) is 40.7 Å². The molecule has 1 aliphatic rings. The van der Waals surface area contributed by atoms with Gasteiger partial charge in [0.1, 0.15) is 0 Å². The highest BCUT2D eigenvalue weighted by atomic mass is 14.5. The summed E-state index contributed by atoms with van der Waals surface area (Å²) < 4.78 is 0. The van der Waals surface area contributed by atoms with Gasteiger partial charge in [0.25, 0.3) is 0 Å². The van der Waals surface area contributed by atoms with E-state index in [2.05, 4.69) is 66.7 Å². The van der Waals surface area contributed by atoms with Crippen molar-refractivity contribution < 1.29 is 0 Å². The van der Waals surface area contributed by atoms with E-state index in [1.165, 1.54) is 5.56 Å². The number of rotatable bonds is 0. The molecule has 2 atom stereocenters. The largest absolute Gasteiger partial charge is 0.0614 e. The summed E-state index contributed by atoms with van der Waals surface area (Å²) in [7, 11) is 0. The zero-order valence-corrected chi connectivity index (χ0v) is 12.4. The number of benzene rings is 1. The average Bonchev–Trinajstić information content (AvgIpc) is 2.25. The van der Waals surface area contributed by atoms with Crippen molar-refractivity contribution in [3.63, 3.8) is 0 Å². The minimum absolute atomic E-state index is 0.288. The molecule has 0 aromatic heterocycles. The zero-order valence-electron chi connectivity index (χ0n) is 12.4. The summed E-state index contributed by atoms with van der Waals surface area (Å²) in [6.07, 6.45) is 0. The number of fused-ring (bicyclic) bond motifs is 1. The van der Waals surface area contributed by atoms with Crippen LogP contribution in [0, 0.1) is 18.8 Å². The molecule has 0 fully saturated rings. The molecule has 1 aromatic rings. The first-order chi connectivity index (χ1) is 7.69. The lowest BCUT2D eigenvalue weighted by molar-refractivity contribution is 0.145. The molecule has 1 aromatic carbocycles. The molecule has 0 nitrogen and oxygen atoms in total. The third-order valence-corrected chi connectivity index (χ3v) is 5.59. The van der Waals surface area contributed by atoms with Gasteiger partial charge in [-0.25, -0.2) is 0 Å². The van der Waals surface area contributed by atoms with Crippen LogP contribution >= 0.6 is 0 Å². The lowest BCUT2D eigenvalue weighted by atomic mass is 9.53. The first kappa shape index (κ1) is 12.7. The standard InChI is InChI=1S/C17H26/c1-11-8-9-14-15(10-11)17(6,7)13(3)12(2)16(14,4)5/h8-10,12-13H,1-7H3/t12-,13+/m1/s1. The molecule has 2 rings (SSSR count). The van der Waals surface area contributed by atoms with Gasteiger partial charge in [0.15, 0.2) is 0 Å². The van der Waals surface area contributed by atoms with E-state index in [0.29, 0.717) is 11.8 Å². The third-order valence-electron chi connectivity index (χ3n) is 5.59. The van der Waals surface area contributed by atoms with Crippen LogP contribution in [0.4, 0.5) is 0 Å². The molecule has 94 valence electrons. The maximum Gasteiger partial charge on any atom is -0.00721 e. The Morgan fingerprint density at radius 1 is 0.824 bits per heavy atom. The van der Waals surface area contributed by atoms with Crippen LogP contribution in [0.5, 0.6) is 0 Å². The van der Waals surface area contributed by atoms with Crippen molar-refractivity contribution in [2.45, 2.75) is 59.3 Å². The van der Waals surface area contributed by atoms with E-state index < -0.39 is 0 Å². The summed E-state index contributed by atoms with van der Waals surface area (Å²) in [4.78, 5) is 0. The Bertz CT molecular complexity index is 437. The van der Waals surface area contributed by atoms with E-state index in [-0.39, 0.29) is 10.8 Å². The second-order valence-electron chi connectivity index (χ2n) is 7.07. The summed E-state index contributed by atoms with van der Waals surface area (Å²) in [5.74, 6) is 1.43. The molecule has 0 spiro atoms. The quantitative estimate of drug-likeness (QED) is 0.598. The predicted molar refractivity (Wildman–Crippen MR) is 75.6 cm³/mol. The Kier molecular flexibility index (Phi) is 2.69. The molecule has 0 saturated heterocycles. The Labute approximate surface area is 106 Å². The van der Waals surface area contributed by atoms with E-state index in [1.54, 1.807) is 11.1 Å². The summed E-state index contributed by atoms with van der Waals surface area (Å²) in [6.45, 7) is 16.6. The molecule has 0 heteroatoms. The summed E-state index contributed by atoms with van der Waals surface area (Å²) in [5, 5.41) is 0. The van der Waals surface area contributed by atoms with Crippen LogP contribution in [0.2, 0.25) is 0 Å². The molecule has 0 bridgehead atoms. The Balaban J connectivity index is 2.73. The van der Waals surface area contributed by atoms with Crippen molar-refractivity contribution in [2.75, 3.05) is 0 Å². The van der Waals surface area contributed by atoms with Crippen molar-refractivity contribution in [1.29, 1.82) is 0 Å². The molecule has 0 saturated carbocycles. The van der Waals surface area contributed by atoms with Gasteiger partial charge in [0.05, 0.1) is 0 Å². The SMILES string of the molecule is Cc1ccc2c(c1)C(C)(C)[C@@H](C)[C@@H](C)C2(C)C. The van der Waals surface area contributed by atoms with Crippen LogP contribution in [0.1, 0.15) is 58.2 Å². The van der Waals surface area contributed by atoms with Crippen LogP contribution in [0.3, 0.4) is 0 Å². The number of hydrogen-bond acceptors (Lipinski definition) is 0. The summed E-state index contributed by atoms with van der Waals surface area (Å²) in [6, 6.07) is 7.02. The molecule has 0 amide bonds. The van der Waals surface area contributed by atoms with Gasteiger partial charge in [-0.1, -0.05) is 65.3 Å². The average molecular weight is 230 g/mol. The van der Waals surface area contributed by atoms with Crippen molar-refractivity contribution >= 4 is 0 Å². The normalized spacial score (nSPS) is 29.8. The molecule has 1 aliphatic carbocycles. The molecule has 17 heavy (non-hydrogen) atoms. The monoisotopic (exact) mass is 230 g/mol. The summed E-state index contributed by atoms with van der Waals surface area (Å²) >= 11 is 0. The molecule has 0 radical (unpaired) electrons. The van der Waals surface area contributed by atoms with Crippen molar-refractivity contribution in [3.05, 3.63) is 34.9 Å². The van der Waals surface area contributed by atoms with Crippen LogP contribution in [-0.2, 0) is 10.8 Å². The van der Waals surface area contributed by atoms with E-state index in [0.717, 1.165) is 0 Å². The van der Waals surface area contributed by atoms with Crippen molar-refractivity contribution in [2.24, 2.45) is 11.8 Å². The second-order valence-corrected chi connectivity index (χ2v) is 7.07. The van der Waals surface area contributed by atoms with Gasteiger partial charge in [0, 0.05) is 0 Å². The van der Waals surface area contributed by atoms with E-state index >= 15 is 0 Å². The van der Waals surface area contributed by atoms with Gasteiger partial charge in [-0.3, -0.25) is 0 Å². The Hall–Kier alpha value is -0.780.